The SMILES string of the molecule is CCC(=O)N(Cc1cccc(I)c1)c1cc(F)cc(C#N)c1. The van der Waals surface area contributed by atoms with E-state index in [-0.39, 0.29) is 11.5 Å². The molecule has 2 rings (SSSR count). The quantitative estimate of drug-likeness (QED) is 0.711. The van der Waals surface area contributed by atoms with Gasteiger partial charge < -0.3 is 4.90 Å². The molecule has 112 valence electrons. The van der Waals surface area contributed by atoms with E-state index >= 15 is 0 Å². The third kappa shape index (κ3) is 4.04. The van der Waals surface area contributed by atoms with Crippen molar-refractivity contribution >= 4 is 34.2 Å². The number of benzene rings is 2. The molecule has 0 aliphatic carbocycles. The second kappa shape index (κ2) is 7.36. The Hall–Kier alpha value is -1.94. The molecule has 0 atom stereocenters. The molecule has 2 aromatic rings. The van der Waals surface area contributed by atoms with Crippen LogP contribution in [0.25, 0.3) is 0 Å². The van der Waals surface area contributed by atoms with Crippen LogP contribution in [0, 0.1) is 20.7 Å². The van der Waals surface area contributed by atoms with Gasteiger partial charge in [-0.2, -0.15) is 5.26 Å². The van der Waals surface area contributed by atoms with Gasteiger partial charge in [0.1, 0.15) is 5.82 Å². The highest BCUT2D eigenvalue weighted by atomic mass is 127. The van der Waals surface area contributed by atoms with E-state index in [1.165, 1.54) is 17.0 Å². The van der Waals surface area contributed by atoms with Crippen LogP contribution in [0.2, 0.25) is 0 Å². The average molecular weight is 408 g/mol. The Morgan fingerprint density at radius 1 is 1.32 bits per heavy atom. The summed E-state index contributed by atoms with van der Waals surface area (Å²) in [7, 11) is 0. The van der Waals surface area contributed by atoms with Gasteiger partial charge in [-0.1, -0.05) is 19.1 Å². The molecule has 0 aliphatic rings. The minimum absolute atomic E-state index is 0.117. The van der Waals surface area contributed by atoms with Crippen molar-refractivity contribution in [3.05, 3.63) is 63.0 Å². The Balaban J connectivity index is 2.41. The fourth-order valence-electron chi connectivity index (χ4n) is 2.13. The van der Waals surface area contributed by atoms with Gasteiger partial charge in [0.25, 0.3) is 0 Å². The lowest BCUT2D eigenvalue weighted by molar-refractivity contribution is -0.118. The highest BCUT2D eigenvalue weighted by molar-refractivity contribution is 14.1. The third-order valence-electron chi connectivity index (χ3n) is 3.16. The highest BCUT2D eigenvalue weighted by Crippen LogP contribution is 2.22. The Morgan fingerprint density at radius 2 is 2.09 bits per heavy atom. The molecule has 0 bridgehead atoms. The van der Waals surface area contributed by atoms with Crippen molar-refractivity contribution in [3.8, 4) is 6.07 Å². The average Bonchev–Trinajstić information content (AvgIpc) is 2.51. The Morgan fingerprint density at radius 3 is 2.73 bits per heavy atom. The first kappa shape index (κ1) is 16.4. The number of hydrogen-bond acceptors (Lipinski definition) is 2. The molecule has 22 heavy (non-hydrogen) atoms. The summed E-state index contributed by atoms with van der Waals surface area (Å²) in [5.41, 5.74) is 1.56. The Labute approximate surface area is 142 Å². The van der Waals surface area contributed by atoms with Gasteiger partial charge in [0.2, 0.25) is 5.91 Å². The van der Waals surface area contributed by atoms with Crippen LogP contribution in [0.4, 0.5) is 10.1 Å². The molecule has 0 N–H and O–H groups in total. The van der Waals surface area contributed by atoms with Crippen molar-refractivity contribution < 1.29 is 9.18 Å². The van der Waals surface area contributed by atoms with Gasteiger partial charge in [0.05, 0.1) is 18.2 Å². The van der Waals surface area contributed by atoms with Gasteiger partial charge >= 0.3 is 0 Å². The first-order valence-corrected chi connectivity index (χ1v) is 7.87. The van der Waals surface area contributed by atoms with Crippen molar-refractivity contribution in [1.82, 2.24) is 0 Å². The fourth-order valence-corrected chi connectivity index (χ4v) is 2.73. The van der Waals surface area contributed by atoms with E-state index in [2.05, 4.69) is 22.6 Å². The predicted octanol–water partition coefficient (Wildman–Crippen LogP) is 4.25. The zero-order valence-electron chi connectivity index (χ0n) is 12.0. The van der Waals surface area contributed by atoms with Gasteiger partial charge in [-0.3, -0.25) is 4.79 Å². The number of carbonyl (C=O) groups excluding carboxylic acids is 1. The van der Waals surface area contributed by atoms with Gasteiger partial charge in [0.15, 0.2) is 0 Å². The highest BCUT2D eigenvalue weighted by Gasteiger charge is 2.16. The molecular formula is C17H14FIN2O. The number of amides is 1. The predicted molar refractivity (Wildman–Crippen MR) is 91.8 cm³/mol. The van der Waals surface area contributed by atoms with Crippen LogP contribution in [-0.2, 0) is 11.3 Å². The monoisotopic (exact) mass is 408 g/mol. The molecule has 0 unspecified atom stereocenters. The molecule has 0 spiro atoms. The van der Waals surface area contributed by atoms with Crippen LogP contribution < -0.4 is 4.90 Å². The normalized spacial score (nSPS) is 10.1. The molecule has 0 saturated heterocycles. The van der Waals surface area contributed by atoms with E-state index in [1.807, 2.05) is 30.3 Å². The van der Waals surface area contributed by atoms with Crippen LogP contribution in [0.3, 0.4) is 0 Å². The molecule has 0 radical (unpaired) electrons. The summed E-state index contributed by atoms with van der Waals surface area (Å²) in [6.07, 6.45) is 0.308. The molecule has 0 aromatic heterocycles. The number of halogens is 2. The van der Waals surface area contributed by atoms with E-state index in [4.69, 9.17) is 5.26 Å². The minimum Gasteiger partial charge on any atom is -0.308 e. The number of anilines is 1. The maximum absolute atomic E-state index is 13.7. The van der Waals surface area contributed by atoms with Crippen LogP contribution >= 0.6 is 22.6 Å². The number of carbonyl (C=O) groups is 1. The van der Waals surface area contributed by atoms with Crippen molar-refractivity contribution in [1.29, 1.82) is 5.26 Å². The van der Waals surface area contributed by atoms with Crippen molar-refractivity contribution in [3.63, 3.8) is 0 Å². The van der Waals surface area contributed by atoms with E-state index in [1.54, 1.807) is 6.92 Å². The van der Waals surface area contributed by atoms with Gasteiger partial charge in [0, 0.05) is 15.7 Å². The first-order chi connectivity index (χ1) is 10.5. The van der Waals surface area contributed by atoms with Crippen LogP contribution in [0.5, 0.6) is 0 Å². The van der Waals surface area contributed by atoms with E-state index in [9.17, 15) is 9.18 Å². The van der Waals surface area contributed by atoms with Gasteiger partial charge in [-0.25, -0.2) is 4.39 Å². The topological polar surface area (TPSA) is 44.1 Å². The van der Waals surface area contributed by atoms with E-state index in [0.29, 0.717) is 18.7 Å². The molecule has 0 aliphatic heterocycles. The van der Waals surface area contributed by atoms with Crippen LogP contribution in [0.15, 0.2) is 42.5 Å². The number of hydrogen-bond donors (Lipinski definition) is 0. The lowest BCUT2D eigenvalue weighted by Gasteiger charge is -2.23. The first-order valence-electron chi connectivity index (χ1n) is 6.79. The largest absolute Gasteiger partial charge is 0.308 e. The minimum atomic E-state index is -0.523. The molecule has 0 fully saturated rings. The van der Waals surface area contributed by atoms with E-state index < -0.39 is 5.82 Å². The van der Waals surface area contributed by atoms with Crippen molar-refractivity contribution in [2.75, 3.05) is 4.90 Å². The summed E-state index contributed by atoms with van der Waals surface area (Å²) < 4.78 is 14.7. The summed E-state index contributed by atoms with van der Waals surface area (Å²) in [6, 6.07) is 13.7. The Kier molecular flexibility index (Phi) is 5.50. The van der Waals surface area contributed by atoms with Crippen LogP contribution in [0.1, 0.15) is 24.5 Å². The summed E-state index contributed by atoms with van der Waals surface area (Å²) in [5, 5.41) is 8.97. The smallest absolute Gasteiger partial charge is 0.227 e. The maximum atomic E-state index is 13.7. The summed E-state index contributed by atoms with van der Waals surface area (Å²) >= 11 is 2.20. The number of nitriles is 1. The molecular weight excluding hydrogens is 394 g/mol. The lowest BCUT2D eigenvalue weighted by atomic mass is 10.1. The fraction of sp³-hybridized carbons (Fsp3) is 0.176. The van der Waals surface area contributed by atoms with Crippen molar-refractivity contribution in [2.24, 2.45) is 0 Å². The number of rotatable bonds is 4. The molecule has 0 heterocycles. The molecule has 1 amide bonds. The summed E-state index contributed by atoms with van der Waals surface area (Å²) in [6.45, 7) is 2.10. The standard InChI is InChI=1S/C17H14FIN2O/c1-2-17(22)21(11-12-4-3-5-15(19)7-12)16-8-13(10-20)6-14(18)9-16/h3-9H,2,11H2,1H3. The van der Waals surface area contributed by atoms with Crippen molar-refractivity contribution in [2.45, 2.75) is 19.9 Å². The van der Waals surface area contributed by atoms with Crippen LogP contribution in [-0.4, -0.2) is 5.91 Å². The Bertz CT molecular complexity index is 740. The van der Waals surface area contributed by atoms with Gasteiger partial charge in [-0.15, -0.1) is 0 Å². The zero-order valence-corrected chi connectivity index (χ0v) is 14.2. The zero-order chi connectivity index (χ0) is 16.1. The third-order valence-corrected chi connectivity index (χ3v) is 3.83. The summed E-state index contributed by atoms with van der Waals surface area (Å²) in [5.74, 6) is -0.640. The second-order valence-electron chi connectivity index (χ2n) is 4.77. The molecule has 3 nitrogen and oxygen atoms in total. The maximum Gasteiger partial charge on any atom is 0.227 e. The lowest BCUT2D eigenvalue weighted by Crippen LogP contribution is -2.29. The molecule has 0 saturated carbocycles. The van der Waals surface area contributed by atoms with E-state index in [0.717, 1.165) is 15.2 Å². The molecule has 2 aromatic carbocycles. The second-order valence-corrected chi connectivity index (χ2v) is 6.02. The summed E-state index contributed by atoms with van der Waals surface area (Å²) in [4.78, 5) is 13.7. The van der Waals surface area contributed by atoms with Gasteiger partial charge in [-0.05, 0) is 58.5 Å². The number of nitrogens with zero attached hydrogens (tertiary/aromatic N) is 2. The molecule has 5 heteroatoms.